The third-order valence-electron chi connectivity index (χ3n) is 4.72. The molecule has 0 bridgehead atoms. The van der Waals surface area contributed by atoms with Gasteiger partial charge in [-0.15, -0.1) is 0 Å². The summed E-state index contributed by atoms with van der Waals surface area (Å²) in [4.78, 5) is 26.2. The van der Waals surface area contributed by atoms with Crippen molar-refractivity contribution in [2.45, 2.75) is 19.8 Å². The van der Waals surface area contributed by atoms with E-state index in [0.29, 0.717) is 12.2 Å². The van der Waals surface area contributed by atoms with Crippen molar-refractivity contribution < 1.29 is 14.3 Å². The Morgan fingerprint density at radius 2 is 1.79 bits per heavy atom. The maximum atomic E-state index is 11.9. The Hall–Kier alpha value is -2.86. The van der Waals surface area contributed by atoms with Gasteiger partial charge in [-0.05, 0) is 55.2 Å². The molecule has 6 heteroatoms. The average molecular weight is 381 g/mol. The predicted molar refractivity (Wildman–Crippen MR) is 111 cm³/mol. The largest absolute Gasteiger partial charge is 0.378 e. The first kappa shape index (κ1) is 19.9. The first-order chi connectivity index (χ1) is 13.6. The van der Waals surface area contributed by atoms with E-state index in [2.05, 4.69) is 39.8 Å². The molecule has 148 valence electrons. The lowest BCUT2D eigenvalue weighted by Gasteiger charge is -2.28. The van der Waals surface area contributed by atoms with E-state index < -0.39 is 11.8 Å². The number of benzene rings is 2. The van der Waals surface area contributed by atoms with Crippen LogP contribution in [-0.4, -0.2) is 44.7 Å². The fourth-order valence-corrected chi connectivity index (χ4v) is 3.18. The van der Waals surface area contributed by atoms with Crippen LogP contribution in [0.5, 0.6) is 0 Å². The number of anilines is 2. The molecule has 3 rings (SSSR count). The monoisotopic (exact) mass is 381 g/mol. The van der Waals surface area contributed by atoms with Gasteiger partial charge in [-0.1, -0.05) is 24.3 Å². The van der Waals surface area contributed by atoms with Crippen LogP contribution in [-0.2, 0) is 20.7 Å². The minimum absolute atomic E-state index is 0.464. The van der Waals surface area contributed by atoms with Crippen LogP contribution >= 0.6 is 0 Å². The number of carbonyl (C=O) groups is 2. The van der Waals surface area contributed by atoms with Gasteiger partial charge in [0, 0.05) is 31.0 Å². The van der Waals surface area contributed by atoms with Crippen LogP contribution in [0.3, 0.4) is 0 Å². The molecule has 6 nitrogen and oxygen atoms in total. The van der Waals surface area contributed by atoms with Crippen molar-refractivity contribution in [3.05, 3.63) is 59.7 Å². The Labute approximate surface area is 165 Å². The molecule has 2 aromatic rings. The number of amides is 2. The fraction of sp³-hybridized carbons (Fsp3) is 0.364. The quantitative estimate of drug-likeness (QED) is 0.596. The van der Waals surface area contributed by atoms with Crippen molar-refractivity contribution in [3.8, 4) is 0 Å². The van der Waals surface area contributed by atoms with Gasteiger partial charge in [0.05, 0.1) is 13.2 Å². The van der Waals surface area contributed by atoms with Gasteiger partial charge in [-0.3, -0.25) is 9.59 Å². The third-order valence-corrected chi connectivity index (χ3v) is 4.72. The van der Waals surface area contributed by atoms with E-state index in [-0.39, 0.29) is 0 Å². The van der Waals surface area contributed by atoms with Crippen molar-refractivity contribution in [2.24, 2.45) is 0 Å². The first-order valence-electron chi connectivity index (χ1n) is 9.69. The molecule has 1 saturated heterocycles. The first-order valence-corrected chi connectivity index (χ1v) is 9.69. The summed E-state index contributed by atoms with van der Waals surface area (Å²) >= 11 is 0. The van der Waals surface area contributed by atoms with Gasteiger partial charge in [0.1, 0.15) is 0 Å². The fourth-order valence-electron chi connectivity index (χ4n) is 3.18. The molecule has 2 N–H and O–H groups in total. The van der Waals surface area contributed by atoms with Crippen LogP contribution in [0.1, 0.15) is 17.5 Å². The molecule has 0 saturated carbocycles. The lowest BCUT2D eigenvalue weighted by molar-refractivity contribution is -0.136. The molecule has 1 fully saturated rings. The van der Waals surface area contributed by atoms with E-state index in [1.54, 1.807) is 6.07 Å². The molecular formula is C22H27N3O3. The van der Waals surface area contributed by atoms with Gasteiger partial charge >= 0.3 is 11.8 Å². The highest BCUT2D eigenvalue weighted by atomic mass is 16.5. The van der Waals surface area contributed by atoms with Crippen molar-refractivity contribution in [1.82, 2.24) is 5.32 Å². The average Bonchev–Trinajstić information content (AvgIpc) is 2.72. The van der Waals surface area contributed by atoms with Gasteiger partial charge in [0.2, 0.25) is 0 Å². The number of ether oxygens (including phenoxy) is 1. The molecule has 0 spiro atoms. The molecule has 0 unspecified atom stereocenters. The van der Waals surface area contributed by atoms with Crippen LogP contribution in [0.2, 0.25) is 0 Å². The molecule has 2 aromatic carbocycles. The van der Waals surface area contributed by atoms with Crippen molar-refractivity contribution in [3.63, 3.8) is 0 Å². The summed E-state index contributed by atoms with van der Waals surface area (Å²) in [6.45, 7) is 5.80. The second-order valence-corrected chi connectivity index (χ2v) is 6.95. The smallest absolute Gasteiger partial charge is 0.313 e. The maximum absolute atomic E-state index is 11.9. The molecule has 0 radical (unpaired) electrons. The standard InChI is InChI=1S/C22H27N3O3/c1-17-4-2-6-19(16-17)24-22(27)21(26)23-11-3-5-18-7-9-20(10-8-18)25-12-14-28-15-13-25/h2,4,6-10,16H,3,5,11-15H2,1H3,(H,23,26)(H,24,27). The molecule has 1 aliphatic heterocycles. The van der Waals surface area contributed by atoms with E-state index in [9.17, 15) is 9.59 Å². The summed E-state index contributed by atoms with van der Waals surface area (Å²) < 4.78 is 5.38. The van der Waals surface area contributed by atoms with Crippen molar-refractivity contribution in [1.29, 1.82) is 0 Å². The van der Waals surface area contributed by atoms with Crippen LogP contribution in [0.4, 0.5) is 11.4 Å². The van der Waals surface area contributed by atoms with E-state index in [1.165, 1.54) is 11.3 Å². The zero-order chi connectivity index (χ0) is 19.8. The summed E-state index contributed by atoms with van der Waals surface area (Å²) in [5.41, 5.74) is 4.09. The molecule has 1 heterocycles. The topological polar surface area (TPSA) is 70.7 Å². The van der Waals surface area contributed by atoms with Crippen LogP contribution in [0, 0.1) is 6.92 Å². The zero-order valence-electron chi connectivity index (χ0n) is 16.2. The lowest BCUT2D eigenvalue weighted by Crippen LogP contribution is -2.36. The van der Waals surface area contributed by atoms with E-state index in [0.717, 1.165) is 44.7 Å². The second-order valence-electron chi connectivity index (χ2n) is 6.95. The molecule has 2 amide bonds. The summed E-state index contributed by atoms with van der Waals surface area (Å²) in [7, 11) is 0. The lowest BCUT2D eigenvalue weighted by atomic mass is 10.1. The number of aryl methyl sites for hydroxylation is 2. The number of nitrogens with zero attached hydrogens (tertiary/aromatic N) is 1. The highest BCUT2D eigenvalue weighted by molar-refractivity contribution is 6.39. The molecule has 0 atom stereocenters. The van der Waals surface area contributed by atoms with Gasteiger partial charge in [0.25, 0.3) is 0 Å². The normalized spacial score (nSPS) is 13.8. The zero-order valence-corrected chi connectivity index (χ0v) is 16.2. The van der Waals surface area contributed by atoms with Crippen molar-refractivity contribution in [2.75, 3.05) is 43.1 Å². The number of hydrogen-bond acceptors (Lipinski definition) is 4. The van der Waals surface area contributed by atoms with Gasteiger partial charge in [-0.25, -0.2) is 0 Å². The number of carbonyl (C=O) groups excluding carboxylic acids is 2. The summed E-state index contributed by atoms with van der Waals surface area (Å²) in [6.07, 6.45) is 1.63. The summed E-state index contributed by atoms with van der Waals surface area (Å²) in [6, 6.07) is 15.9. The molecule has 28 heavy (non-hydrogen) atoms. The molecule has 0 aliphatic carbocycles. The summed E-state index contributed by atoms with van der Waals surface area (Å²) in [5.74, 6) is -1.25. The summed E-state index contributed by atoms with van der Waals surface area (Å²) in [5, 5.41) is 5.29. The van der Waals surface area contributed by atoms with Crippen LogP contribution in [0.25, 0.3) is 0 Å². The third kappa shape index (κ3) is 5.82. The number of nitrogens with one attached hydrogen (secondary N) is 2. The van der Waals surface area contributed by atoms with E-state index in [4.69, 9.17) is 4.74 Å². The van der Waals surface area contributed by atoms with Crippen molar-refractivity contribution >= 4 is 23.2 Å². The Bertz CT molecular complexity index is 799. The van der Waals surface area contributed by atoms with Crippen LogP contribution < -0.4 is 15.5 Å². The maximum Gasteiger partial charge on any atom is 0.313 e. The Morgan fingerprint density at radius 1 is 1.04 bits per heavy atom. The molecular weight excluding hydrogens is 354 g/mol. The van der Waals surface area contributed by atoms with E-state index >= 15 is 0 Å². The molecule has 1 aliphatic rings. The number of rotatable bonds is 6. The van der Waals surface area contributed by atoms with Crippen LogP contribution in [0.15, 0.2) is 48.5 Å². The minimum Gasteiger partial charge on any atom is -0.378 e. The predicted octanol–water partition coefficient (Wildman–Crippen LogP) is 2.52. The second kappa shape index (κ2) is 9.90. The highest BCUT2D eigenvalue weighted by Crippen LogP contribution is 2.17. The molecule has 0 aromatic heterocycles. The highest BCUT2D eigenvalue weighted by Gasteiger charge is 2.13. The Balaban J connectivity index is 1.37. The SMILES string of the molecule is Cc1cccc(NC(=O)C(=O)NCCCc2ccc(N3CCOCC3)cc2)c1. The van der Waals surface area contributed by atoms with Gasteiger partial charge in [0.15, 0.2) is 0 Å². The minimum atomic E-state index is -0.638. The number of hydrogen-bond donors (Lipinski definition) is 2. The van der Waals surface area contributed by atoms with Gasteiger partial charge in [-0.2, -0.15) is 0 Å². The number of morpholine rings is 1. The van der Waals surface area contributed by atoms with Gasteiger partial charge < -0.3 is 20.3 Å². The Morgan fingerprint density at radius 3 is 2.50 bits per heavy atom. The Kier molecular flexibility index (Phi) is 7.03. The van der Waals surface area contributed by atoms with E-state index in [1.807, 2.05) is 25.1 Å².